The zero-order valence-corrected chi connectivity index (χ0v) is 9.82. The number of rotatable bonds is 3. The van der Waals surface area contributed by atoms with Crippen LogP contribution in [0.3, 0.4) is 0 Å². The highest BCUT2D eigenvalue weighted by Gasteiger charge is 2.20. The predicted molar refractivity (Wildman–Crippen MR) is 59.1 cm³/mol. The van der Waals surface area contributed by atoms with Crippen molar-refractivity contribution in [2.24, 2.45) is 0 Å². The first kappa shape index (κ1) is 11.7. The van der Waals surface area contributed by atoms with Crippen LogP contribution in [0.15, 0.2) is 28.7 Å². The van der Waals surface area contributed by atoms with Crippen molar-refractivity contribution < 1.29 is 9.53 Å². The summed E-state index contributed by atoms with van der Waals surface area (Å²) in [5.74, 6) is -0.882. The fraction of sp³-hybridized carbons (Fsp3) is 0.273. The first-order chi connectivity index (χ1) is 7.19. The molecule has 1 atom stereocenters. The highest BCUT2D eigenvalue weighted by atomic mass is 79.9. The smallest absolute Gasteiger partial charge is 0.314 e. The summed E-state index contributed by atoms with van der Waals surface area (Å²) in [6.07, 6.45) is 0.128. The van der Waals surface area contributed by atoms with Crippen molar-refractivity contribution in [3.63, 3.8) is 0 Å². The number of nitrogens with zero attached hydrogens (tertiary/aromatic N) is 1. The molecule has 1 rings (SSSR count). The Bertz CT molecular complexity index is 398. The van der Waals surface area contributed by atoms with Crippen LogP contribution in [0.25, 0.3) is 0 Å². The molecule has 15 heavy (non-hydrogen) atoms. The van der Waals surface area contributed by atoms with Gasteiger partial charge in [-0.25, -0.2) is 0 Å². The van der Waals surface area contributed by atoms with E-state index in [1.807, 2.05) is 30.3 Å². The molecule has 1 aromatic rings. The molecule has 1 unspecified atom stereocenters. The van der Waals surface area contributed by atoms with Gasteiger partial charge < -0.3 is 4.74 Å². The maximum atomic E-state index is 11.4. The Morgan fingerprint density at radius 3 is 2.93 bits per heavy atom. The molecule has 0 amide bonds. The van der Waals surface area contributed by atoms with Gasteiger partial charge in [0.2, 0.25) is 0 Å². The molecule has 0 aliphatic rings. The largest absolute Gasteiger partial charge is 0.469 e. The van der Waals surface area contributed by atoms with Crippen LogP contribution in [-0.2, 0) is 9.53 Å². The van der Waals surface area contributed by atoms with Gasteiger partial charge in [-0.3, -0.25) is 4.79 Å². The first-order valence-corrected chi connectivity index (χ1v) is 5.18. The minimum Gasteiger partial charge on any atom is -0.469 e. The third kappa shape index (κ3) is 3.07. The number of hydrogen-bond acceptors (Lipinski definition) is 3. The third-order valence-corrected chi connectivity index (χ3v) is 2.53. The standard InChI is InChI=1S/C11H10BrNO2/c1-15-11(14)10(5-6-13)8-3-2-4-9(12)7-8/h2-4,7,10H,5H2,1H3. The van der Waals surface area contributed by atoms with Crippen LogP contribution in [0.1, 0.15) is 17.9 Å². The van der Waals surface area contributed by atoms with Gasteiger partial charge in [-0.2, -0.15) is 5.26 Å². The molecule has 0 aliphatic heterocycles. The normalized spacial score (nSPS) is 11.5. The molecular formula is C11H10BrNO2. The molecule has 0 aromatic heterocycles. The van der Waals surface area contributed by atoms with Crippen molar-refractivity contribution in [1.82, 2.24) is 0 Å². The van der Waals surface area contributed by atoms with Crippen LogP contribution < -0.4 is 0 Å². The summed E-state index contributed by atoms with van der Waals surface area (Å²) in [4.78, 5) is 11.4. The van der Waals surface area contributed by atoms with Gasteiger partial charge >= 0.3 is 5.97 Å². The fourth-order valence-electron chi connectivity index (χ4n) is 1.29. The number of benzene rings is 1. The Morgan fingerprint density at radius 1 is 1.67 bits per heavy atom. The zero-order chi connectivity index (χ0) is 11.3. The zero-order valence-electron chi connectivity index (χ0n) is 8.24. The molecule has 0 radical (unpaired) electrons. The summed E-state index contributed by atoms with van der Waals surface area (Å²) in [5.41, 5.74) is 0.790. The summed E-state index contributed by atoms with van der Waals surface area (Å²) >= 11 is 3.32. The molecular weight excluding hydrogens is 258 g/mol. The maximum Gasteiger partial charge on any atom is 0.314 e. The molecule has 0 heterocycles. The number of halogens is 1. The van der Waals surface area contributed by atoms with E-state index in [1.54, 1.807) is 0 Å². The monoisotopic (exact) mass is 267 g/mol. The van der Waals surface area contributed by atoms with Gasteiger partial charge in [0, 0.05) is 4.47 Å². The Kier molecular flexibility index (Phi) is 4.32. The van der Waals surface area contributed by atoms with Crippen molar-refractivity contribution in [3.05, 3.63) is 34.3 Å². The summed E-state index contributed by atoms with van der Waals surface area (Å²) in [6.45, 7) is 0. The lowest BCUT2D eigenvalue weighted by Gasteiger charge is -2.11. The van der Waals surface area contributed by atoms with Gasteiger partial charge in [-0.1, -0.05) is 28.1 Å². The lowest BCUT2D eigenvalue weighted by atomic mass is 9.97. The first-order valence-electron chi connectivity index (χ1n) is 4.39. The van der Waals surface area contributed by atoms with E-state index in [-0.39, 0.29) is 12.4 Å². The average molecular weight is 268 g/mol. The SMILES string of the molecule is COC(=O)C(CC#N)c1cccc(Br)c1. The maximum absolute atomic E-state index is 11.4. The number of carbonyl (C=O) groups excluding carboxylic acids is 1. The van der Waals surface area contributed by atoms with Crippen LogP contribution in [0.2, 0.25) is 0 Å². The van der Waals surface area contributed by atoms with Gasteiger partial charge in [0.15, 0.2) is 0 Å². The number of esters is 1. The van der Waals surface area contributed by atoms with Crippen LogP contribution in [0, 0.1) is 11.3 Å². The lowest BCUT2D eigenvalue weighted by molar-refractivity contribution is -0.142. The van der Waals surface area contributed by atoms with Crippen molar-refractivity contribution in [2.45, 2.75) is 12.3 Å². The molecule has 4 heteroatoms. The quantitative estimate of drug-likeness (QED) is 0.792. The lowest BCUT2D eigenvalue weighted by Crippen LogP contribution is -2.13. The summed E-state index contributed by atoms with van der Waals surface area (Å²) in [5, 5.41) is 8.64. The number of carbonyl (C=O) groups is 1. The van der Waals surface area contributed by atoms with Crippen molar-refractivity contribution in [2.75, 3.05) is 7.11 Å². The molecule has 1 aromatic carbocycles. The molecule has 3 nitrogen and oxygen atoms in total. The number of nitriles is 1. The summed E-state index contributed by atoms with van der Waals surface area (Å²) < 4.78 is 5.54. The van der Waals surface area contributed by atoms with E-state index in [0.717, 1.165) is 10.0 Å². The van der Waals surface area contributed by atoms with E-state index >= 15 is 0 Å². The fourth-order valence-corrected chi connectivity index (χ4v) is 1.71. The van der Waals surface area contributed by atoms with E-state index in [2.05, 4.69) is 20.7 Å². The van der Waals surface area contributed by atoms with Crippen molar-refractivity contribution >= 4 is 21.9 Å². The second-order valence-corrected chi connectivity index (χ2v) is 3.91. The van der Waals surface area contributed by atoms with E-state index in [9.17, 15) is 4.79 Å². The van der Waals surface area contributed by atoms with Crippen molar-refractivity contribution in [3.8, 4) is 6.07 Å². The van der Waals surface area contributed by atoms with Crippen molar-refractivity contribution in [1.29, 1.82) is 5.26 Å². The highest BCUT2D eigenvalue weighted by Crippen LogP contribution is 2.23. The van der Waals surface area contributed by atoms with Crippen LogP contribution in [-0.4, -0.2) is 13.1 Å². The van der Waals surface area contributed by atoms with Gasteiger partial charge in [0.05, 0.1) is 25.5 Å². The minimum absolute atomic E-state index is 0.128. The predicted octanol–water partition coefficient (Wildman–Crippen LogP) is 2.62. The van der Waals surface area contributed by atoms with E-state index in [0.29, 0.717) is 0 Å². The number of ether oxygens (including phenoxy) is 1. The van der Waals surface area contributed by atoms with Crippen LogP contribution >= 0.6 is 15.9 Å². The molecule has 0 fully saturated rings. The highest BCUT2D eigenvalue weighted by molar-refractivity contribution is 9.10. The molecule has 0 saturated carbocycles. The average Bonchev–Trinajstić information content (AvgIpc) is 2.25. The van der Waals surface area contributed by atoms with Gasteiger partial charge in [0.1, 0.15) is 0 Å². The minimum atomic E-state index is -0.502. The topological polar surface area (TPSA) is 50.1 Å². The van der Waals surface area contributed by atoms with E-state index in [4.69, 9.17) is 5.26 Å². The Labute approximate surface area is 96.8 Å². The second kappa shape index (κ2) is 5.52. The summed E-state index contributed by atoms with van der Waals surface area (Å²) in [6, 6.07) is 9.30. The third-order valence-electron chi connectivity index (χ3n) is 2.03. The van der Waals surface area contributed by atoms with Gasteiger partial charge in [-0.05, 0) is 17.7 Å². The van der Waals surface area contributed by atoms with Gasteiger partial charge in [0.25, 0.3) is 0 Å². The molecule has 0 saturated heterocycles. The van der Waals surface area contributed by atoms with E-state index in [1.165, 1.54) is 7.11 Å². The second-order valence-electron chi connectivity index (χ2n) is 2.99. The molecule has 0 aliphatic carbocycles. The Balaban J connectivity index is 2.99. The molecule has 0 bridgehead atoms. The van der Waals surface area contributed by atoms with Crippen LogP contribution in [0.4, 0.5) is 0 Å². The number of hydrogen-bond donors (Lipinski definition) is 0. The van der Waals surface area contributed by atoms with E-state index < -0.39 is 5.92 Å². The molecule has 0 N–H and O–H groups in total. The Morgan fingerprint density at radius 2 is 2.40 bits per heavy atom. The van der Waals surface area contributed by atoms with Gasteiger partial charge in [-0.15, -0.1) is 0 Å². The van der Waals surface area contributed by atoms with Crippen LogP contribution in [0.5, 0.6) is 0 Å². The summed E-state index contributed by atoms with van der Waals surface area (Å²) in [7, 11) is 1.32. The Hall–Kier alpha value is -1.34. The number of methoxy groups -OCH3 is 1. The molecule has 0 spiro atoms. The molecule has 78 valence electrons.